The molecule has 0 amide bonds. The van der Waals surface area contributed by atoms with Crippen molar-refractivity contribution in [3.8, 4) is 56.0 Å². The fourth-order valence-corrected chi connectivity index (χ4v) is 14.9. The van der Waals surface area contributed by atoms with Gasteiger partial charge in [0.2, 0.25) is 0 Å². The molecule has 0 saturated carbocycles. The Labute approximate surface area is 500 Å². The molecule has 0 aliphatic carbocycles. The highest BCUT2D eigenvalue weighted by molar-refractivity contribution is 7.02. The van der Waals surface area contributed by atoms with E-state index in [9.17, 15) is 0 Å². The number of fused-ring (bicyclic) bond motifs is 10. The van der Waals surface area contributed by atoms with Crippen LogP contribution in [0.25, 0.3) is 66.1 Å². The average molecular weight is 1090 g/mol. The summed E-state index contributed by atoms with van der Waals surface area (Å²) in [6, 6.07) is 114. The van der Waals surface area contributed by atoms with Gasteiger partial charge in [-0.25, -0.2) is 0 Å². The average Bonchev–Trinajstić information content (AvgIpc) is 0.727. The van der Waals surface area contributed by atoms with E-state index in [0.29, 0.717) is 0 Å². The lowest BCUT2D eigenvalue weighted by molar-refractivity contribution is 0.488. The number of hydrogen-bond donors (Lipinski definition) is 0. The Bertz CT molecular complexity index is 4980. The molecule has 0 spiro atoms. The van der Waals surface area contributed by atoms with Crippen LogP contribution in [-0.2, 0) is 0 Å². The molecule has 4 heterocycles. The molecule has 14 aromatic carbocycles. The van der Waals surface area contributed by atoms with Gasteiger partial charge in [-0.3, -0.25) is 0 Å². The number of anilines is 9. The predicted octanol–water partition coefficient (Wildman–Crippen LogP) is 17.1. The molecular formula is C80H51B2N3O. The number of benzene rings is 14. The second-order valence-electron chi connectivity index (χ2n) is 23.0. The van der Waals surface area contributed by atoms with Crippen LogP contribution in [0.2, 0.25) is 0 Å². The summed E-state index contributed by atoms with van der Waals surface area (Å²) in [5.41, 5.74) is 27.0. The molecule has 0 N–H and O–H groups in total. The quantitative estimate of drug-likeness (QED) is 0.117. The second-order valence-corrected chi connectivity index (χ2v) is 23.0. The maximum Gasteiger partial charge on any atom is 0.256 e. The molecule has 0 radical (unpaired) electrons. The van der Waals surface area contributed by atoms with Gasteiger partial charge in [0.25, 0.3) is 13.4 Å². The highest BCUT2D eigenvalue weighted by atomic mass is 16.5. The minimum Gasteiger partial charge on any atom is -0.458 e. The highest BCUT2D eigenvalue weighted by Crippen LogP contribution is 2.50. The number of hydrogen-bond acceptors (Lipinski definition) is 4. The topological polar surface area (TPSA) is 19.0 Å². The molecule has 398 valence electrons. The molecule has 0 atom stereocenters. The molecule has 4 aliphatic rings. The van der Waals surface area contributed by atoms with Gasteiger partial charge in [-0.05, 0) is 172 Å². The zero-order valence-corrected chi connectivity index (χ0v) is 46.8. The van der Waals surface area contributed by atoms with Crippen LogP contribution in [-0.4, -0.2) is 13.4 Å². The summed E-state index contributed by atoms with van der Waals surface area (Å²) < 4.78 is 7.61. The van der Waals surface area contributed by atoms with Gasteiger partial charge in [0.05, 0.1) is 0 Å². The summed E-state index contributed by atoms with van der Waals surface area (Å²) in [7, 11) is 0. The zero-order chi connectivity index (χ0) is 56.4. The first-order valence-electron chi connectivity index (χ1n) is 29.8. The van der Waals surface area contributed by atoms with E-state index in [1.807, 2.05) is 0 Å². The van der Waals surface area contributed by atoms with Crippen molar-refractivity contribution in [3.05, 3.63) is 309 Å². The van der Waals surface area contributed by atoms with Crippen LogP contribution in [0.15, 0.2) is 309 Å². The first-order chi connectivity index (χ1) is 42.7. The predicted molar refractivity (Wildman–Crippen MR) is 363 cm³/mol. The van der Waals surface area contributed by atoms with Gasteiger partial charge in [-0.1, -0.05) is 231 Å². The fourth-order valence-electron chi connectivity index (χ4n) is 14.9. The van der Waals surface area contributed by atoms with Crippen molar-refractivity contribution in [1.82, 2.24) is 0 Å². The van der Waals surface area contributed by atoms with Crippen molar-refractivity contribution < 1.29 is 4.74 Å². The van der Waals surface area contributed by atoms with Crippen molar-refractivity contribution in [1.29, 1.82) is 0 Å². The van der Waals surface area contributed by atoms with E-state index in [2.05, 4.69) is 324 Å². The van der Waals surface area contributed by atoms with E-state index in [1.165, 1.54) is 82.6 Å². The largest absolute Gasteiger partial charge is 0.458 e. The number of rotatable bonds is 7. The van der Waals surface area contributed by atoms with Gasteiger partial charge < -0.3 is 19.4 Å². The third kappa shape index (κ3) is 7.33. The van der Waals surface area contributed by atoms with Gasteiger partial charge in [-0.2, -0.15) is 0 Å². The molecule has 86 heavy (non-hydrogen) atoms. The lowest BCUT2D eigenvalue weighted by atomic mass is 9.30. The van der Waals surface area contributed by atoms with Crippen LogP contribution < -0.4 is 52.2 Å². The lowest BCUT2D eigenvalue weighted by Gasteiger charge is -2.45. The second kappa shape index (κ2) is 19.2. The van der Waals surface area contributed by atoms with Crippen molar-refractivity contribution in [2.75, 3.05) is 14.7 Å². The third-order valence-corrected chi connectivity index (χ3v) is 18.4. The van der Waals surface area contributed by atoms with Gasteiger partial charge in [-0.15, -0.1) is 0 Å². The molecular weight excluding hydrogens is 1040 g/mol. The molecule has 4 aliphatic heterocycles. The minimum atomic E-state index is -0.141. The minimum absolute atomic E-state index is 0.0970. The monoisotopic (exact) mass is 1090 g/mol. The molecule has 0 unspecified atom stereocenters. The Balaban J connectivity index is 0.850. The van der Waals surface area contributed by atoms with Crippen LogP contribution in [0.4, 0.5) is 51.2 Å². The van der Waals surface area contributed by atoms with Crippen LogP contribution in [0, 0.1) is 0 Å². The van der Waals surface area contributed by atoms with Crippen LogP contribution >= 0.6 is 0 Å². The Morgan fingerprint density at radius 3 is 1.09 bits per heavy atom. The van der Waals surface area contributed by atoms with Gasteiger partial charge in [0.15, 0.2) is 0 Å². The van der Waals surface area contributed by atoms with Crippen molar-refractivity contribution in [2.24, 2.45) is 0 Å². The van der Waals surface area contributed by atoms with E-state index in [4.69, 9.17) is 4.74 Å². The number of nitrogens with zero attached hydrogens (tertiary/aromatic N) is 3. The zero-order valence-electron chi connectivity index (χ0n) is 46.8. The van der Waals surface area contributed by atoms with Gasteiger partial charge >= 0.3 is 0 Å². The molecule has 0 aromatic heterocycles. The first-order valence-corrected chi connectivity index (χ1v) is 29.8. The van der Waals surface area contributed by atoms with Crippen molar-refractivity contribution in [2.45, 2.75) is 0 Å². The standard InChI is InChI=1S/C80H51B2N3O/c1-6-24-52(25-7-1)56-46-72-79-73(47-56)85(59-32-14-5-15-33-59)71-51-75-68(50-67(71)81(79)65-38-20-22-40-69(65)83(72)58-30-12-4-13-31-58)82-66-39-21-23-41-70(66)84(74-48-57(49-76(86-75)80(74)82)53-26-8-2-9-27-53)60-44-42-55(43-45-60)78-63-36-18-16-34-61(63)77(54-28-10-3-11-29-54)62-35-17-19-37-64(62)78/h1-51H. The summed E-state index contributed by atoms with van der Waals surface area (Å²) in [6.45, 7) is -0.238. The third-order valence-electron chi connectivity index (χ3n) is 18.4. The Morgan fingerprint density at radius 1 is 0.221 bits per heavy atom. The Morgan fingerprint density at radius 2 is 0.593 bits per heavy atom. The number of ether oxygens (including phenoxy) is 1. The Hall–Kier alpha value is -11.1. The summed E-state index contributed by atoms with van der Waals surface area (Å²) >= 11 is 0. The summed E-state index contributed by atoms with van der Waals surface area (Å²) in [4.78, 5) is 7.48. The maximum absolute atomic E-state index is 7.61. The van der Waals surface area contributed by atoms with Crippen LogP contribution in [0.1, 0.15) is 0 Å². The summed E-state index contributed by atoms with van der Waals surface area (Å²) in [6.07, 6.45) is 0. The summed E-state index contributed by atoms with van der Waals surface area (Å²) in [5.74, 6) is 1.73. The SMILES string of the molecule is c1ccc(-c2cc3c4c(c2)N(c2ccc(-c5c6ccccc6c(-c6ccccc6)c6ccccc56)cc2)c2ccccc2B4c2cc4c(cc2O3)N(c2ccccc2)c2cc(-c3ccccc3)cc3c2B4c2ccccc2N3c2ccccc2)cc1. The highest BCUT2D eigenvalue weighted by Gasteiger charge is 2.48. The number of para-hydroxylation sites is 4. The molecule has 14 aromatic rings. The van der Waals surface area contributed by atoms with E-state index in [0.717, 1.165) is 78.9 Å². The smallest absolute Gasteiger partial charge is 0.256 e. The summed E-state index contributed by atoms with van der Waals surface area (Å²) in [5, 5.41) is 4.96. The molecule has 18 rings (SSSR count). The van der Waals surface area contributed by atoms with E-state index in [1.54, 1.807) is 0 Å². The molecule has 0 bridgehead atoms. The molecule has 6 heteroatoms. The normalized spacial score (nSPS) is 13.1. The lowest BCUT2D eigenvalue weighted by Crippen LogP contribution is -2.64. The fraction of sp³-hybridized carbons (Fsp3) is 0. The van der Waals surface area contributed by atoms with Crippen LogP contribution in [0.3, 0.4) is 0 Å². The molecule has 4 nitrogen and oxygen atoms in total. The van der Waals surface area contributed by atoms with Gasteiger partial charge in [0.1, 0.15) is 11.5 Å². The van der Waals surface area contributed by atoms with E-state index >= 15 is 0 Å². The van der Waals surface area contributed by atoms with E-state index < -0.39 is 0 Å². The van der Waals surface area contributed by atoms with Gasteiger partial charge in [0, 0.05) is 57.3 Å². The van der Waals surface area contributed by atoms with Crippen molar-refractivity contribution in [3.63, 3.8) is 0 Å². The van der Waals surface area contributed by atoms with Crippen LogP contribution in [0.5, 0.6) is 11.5 Å². The Kier molecular flexibility index (Phi) is 10.8. The van der Waals surface area contributed by atoms with Crippen molar-refractivity contribution >= 4 is 119 Å². The van der Waals surface area contributed by atoms with E-state index in [-0.39, 0.29) is 13.4 Å². The maximum atomic E-state index is 7.61. The molecule has 0 fully saturated rings. The first kappa shape index (κ1) is 48.5. The molecule has 0 saturated heterocycles.